The second-order valence-corrected chi connectivity index (χ2v) is 9.69. The summed E-state index contributed by atoms with van der Waals surface area (Å²) < 4.78 is 34.4. The second kappa shape index (κ2) is 10.6. The summed E-state index contributed by atoms with van der Waals surface area (Å²) >= 11 is 1.30. The molecule has 0 bridgehead atoms. The van der Waals surface area contributed by atoms with E-state index < -0.39 is 17.7 Å². The molecule has 0 unspecified atom stereocenters. The number of carbonyl (C=O) groups excluding carboxylic acids is 1. The highest BCUT2D eigenvalue weighted by Gasteiger charge is 2.26. The van der Waals surface area contributed by atoms with Crippen LogP contribution in [-0.2, 0) is 12.0 Å². The number of hydrogen-bond acceptors (Lipinski definition) is 6. The summed E-state index contributed by atoms with van der Waals surface area (Å²) in [5.74, 6) is -0.287. The summed E-state index contributed by atoms with van der Waals surface area (Å²) in [4.78, 5) is 18.8. The highest BCUT2D eigenvalue weighted by atomic mass is 32.1. The largest absolute Gasteiger partial charge is 0.497 e. The Kier molecular flexibility index (Phi) is 7.51. The fourth-order valence-corrected chi connectivity index (χ4v) is 4.82. The first-order valence-corrected chi connectivity index (χ1v) is 12.2. The highest BCUT2D eigenvalue weighted by Crippen LogP contribution is 2.34. The van der Waals surface area contributed by atoms with Crippen LogP contribution in [0.4, 0.5) is 24.4 Å². The maximum absolute atomic E-state index is 14.6. The molecule has 0 radical (unpaired) electrons. The number of thiazole rings is 1. The Morgan fingerprint density at radius 1 is 1.17 bits per heavy atom. The van der Waals surface area contributed by atoms with Crippen molar-refractivity contribution >= 4 is 28.2 Å². The molecule has 0 saturated carbocycles. The van der Waals surface area contributed by atoms with Crippen LogP contribution in [0.5, 0.6) is 5.75 Å². The van der Waals surface area contributed by atoms with Crippen molar-refractivity contribution < 1.29 is 18.3 Å². The van der Waals surface area contributed by atoms with E-state index in [1.54, 1.807) is 7.11 Å². The fourth-order valence-electron chi connectivity index (χ4n) is 3.95. The van der Waals surface area contributed by atoms with E-state index >= 15 is 0 Å². The smallest absolute Gasteiger partial charge is 0.321 e. The van der Waals surface area contributed by atoms with Gasteiger partial charge in [-0.1, -0.05) is 26.0 Å². The monoisotopic (exact) mass is 501 g/mol. The number of halogens is 2. The van der Waals surface area contributed by atoms with Crippen molar-refractivity contribution in [1.29, 1.82) is 0 Å². The SMILES string of the molecule is COc1ccc(C(C)(C)c2csc(NC(=O)NCc3cc(F)c(N4CCNCC4)cc3F)n2)cc1. The normalized spacial score (nSPS) is 14.0. The van der Waals surface area contributed by atoms with Gasteiger partial charge in [0.1, 0.15) is 17.4 Å². The lowest BCUT2D eigenvalue weighted by atomic mass is 9.82. The molecule has 7 nitrogen and oxygen atoms in total. The first-order chi connectivity index (χ1) is 16.8. The quantitative estimate of drug-likeness (QED) is 0.445. The Balaban J connectivity index is 1.36. The average Bonchev–Trinajstić information content (AvgIpc) is 3.34. The third-order valence-electron chi connectivity index (χ3n) is 6.19. The summed E-state index contributed by atoms with van der Waals surface area (Å²) in [7, 11) is 1.62. The maximum Gasteiger partial charge on any atom is 0.321 e. The van der Waals surface area contributed by atoms with Crippen LogP contribution in [0.2, 0.25) is 0 Å². The number of nitrogens with one attached hydrogen (secondary N) is 3. The minimum Gasteiger partial charge on any atom is -0.497 e. The van der Waals surface area contributed by atoms with Gasteiger partial charge in [0, 0.05) is 55.1 Å². The van der Waals surface area contributed by atoms with E-state index in [-0.39, 0.29) is 23.2 Å². The van der Waals surface area contributed by atoms with Crippen molar-refractivity contribution in [2.45, 2.75) is 25.8 Å². The second-order valence-electron chi connectivity index (χ2n) is 8.83. The number of urea groups is 1. The molecule has 4 rings (SSSR count). The number of piperazine rings is 1. The molecular weight excluding hydrogens is 472 g/mol. The van der Waals surface area contributed by atoms with Gasteiger partial charge in [0.2, 0.25) is 0 Å². The maximum atomic E-state index is 14.6. The first-order valence-electron chi connectivity index (χ1n) is 11.4. The van der Waals surface area contributed by atoms with Gasteiger partial charge in [0.15, 0.2) is 5.13 Å². The molecule has 1 saturated heterocycles. The third kappa shape index (κ3) is 5.71. The van der Waals surface area contributed by atoms with Gasteiger partial charge in [-0.15, -0.1) is 11.3 Å². The minimum atomic E-state index is -0.557. The van der Waals surface area contributed by atoms with Crippen molar-refractivity contribution in [2.75, 3.05) is 43.5 Å². The van der Waals surface area contributed by atoms with E-state index in [0.29, 0.717) is 18.2 Å². The van der Waals surface area contributed by atoms with Gasteiger partial charge in [0.25, 0.3) is 0 Å². The van der Waals surface area contributed by atoms with E-state index in [1.165, 1.54) is 17.4 Å². The molecule has 2 heterocycles. The van der Waals surface area contributed by atoms with E-state index in [1.807, 2.05) is 34.5 Å². The molecule has 1 aliphatic rings. The summed E-state index contributed by atoms with van der Waals surface area (Å²) in [5, 5.41) is 10.7. The molecule has 2 amide bonds. The van der Waals surface area contributed by atoms with Crippen molar-refractivity contribution in [3.05, 3.63) is 70.2 Å². The molecule has 0 atom stereocenters. The average molecular weight is 502 g/mol. The van der Waals surface area contributed by atoms with Crippen molar-refractivity contribution in [2.24, 2.45) is 0 Å². The van der Waals surface area contributed by atoms with Crippen molar-refractivity contribution in [3.63, 3.8) is 0 Å². The van der Waals surface area contributed by atoms with E-state index in [9.17, 15) is 13.6 Å². The van der Waals surface area contributed by atoms with Crippen LogP contribution in [0.1, 0.15) is 30.7 Å². The zero-order valence-electron chi connectivity index (χ0n) is 20.0. The van der Waals surface area contributed by atoms with Crippen molar-refractivity contribution in [3.8, 4) is 5.75 Å². The van der Waals surface area contributed by atoms with Crippen molar-refractivity contribution in [1.82, 2.24) is 15.6 Å². The number of aromatic nitrogens is 1. The number of methoxy groups -OCH3 is 1. The fraction of sp³-hybridized carbons (Fsp3) is 0.360. The highest BCUT2D eigenvalue weighted by molar-refractivity contribution is 7.13. The Morgan fingerprint density at radius 2 is 1.89 bits per heavy atom. The zero-order chi connectivity index (χ0) is 25.0. The molecule has 1 aromatic heterocycles. The molecule has 35 heavy (non-hydrogen) atoms. The minimum absolute atomic E-state index is 0.0806. The van der Waals surface area contributed by atoms with Crippen LogP contribution in [-0.4, -0.2) is 44.3 Å². The lowest BCUT2D eigenvalue weighted by Gasteiger charge is -2.30. The zero-order valence-corrected chi connectivity index (χ0v) is 20.8. The lowest BCUT2D eigenvalue weighted by Crippen LogP contribution is -2.44. The Bertz CT molecular complexity index is 1180. The molecule has 1 fully saturated rings. The van der Waals surface area contributed by atoms with Crippen LogP contribution < -0.4 is 25.6 Å². The van der Waals surface area contributed by atoms with Gasteiger partial charge in [-0.2, -0.15) is 0 Å². The summed E-state index contributed by atoms with van der Waals surface area (Å²) in [5.41, 5.74) is 1.80. The standard InChI is InChI=1S/C25H29F2N5O2S/c1-25(2,17-4-6-18(34-3)7-5-17)22-15-35-24(30-22)31-23(33)29-14-16-12-20(27)21(13-19(16)26)32-10-8-28-9-11-32/h4-7,12-13,15,28H,8-11,14H2,1-3H3,(H2,29,30,31,33). The molecule has 10 heteroatoms. The summed E-state index contributed by atoms with van der Waals surface area (Å²) in [6.45, 7) is 6.62. The number of carbonyl (C=O) groups is 1. The van der Waals surface area contributed by atoms with Crippen LogP contribution in [0.15, 0.2) is 41.8 Å². The molecule has 0 spiro atoms. The lowest BCUT2D eigenvalue weighted by molar-refractivity contribution is 0.251. The number of ether oxygens (including phenoxy) is 1. The predicted octanol–water partition coefficient (Wildman–Crippen LogP) is 4.49. The molecule has 3 N–H and O–H groups in total. The Morgan fingerprint density at radius 3 is 2.57 bits per heavy atom. The van der Waals surface area contributed by atoms with Gasteiger partial charge >= 0.3 is 6.03 Å². The number of rotatable bonds is 7. The predicted molar refractivity (Wildman–Crippen MR) is 135 cm³/mol. The number of benzene rings is 2. The van der Waals surface area contributed by atoms with E-state index in [4.69, 9.17) is 4.74 Å². The summed E-state index contributed by atoms with van der Waals surface area (Å²) in [6.07, 6.45) is 0. The van der Waals surface area contributed by atoms with Crippen LogP contribution >= 0.6 is 11.3 Å². The van der Waals surface area contributed by atoms with Gasteiger partial charge in [0.05, 0.1) is 18.5 Å². The number of amides is 2. The Labute approximate surface area is 207 Å². The molecule has 1 aliphatic heterocycles. The molecular formula is C25H29F2N5O2S. The van der Waals surface area contributed by atoms with Gasteiger partial charge < -0.3 is 20.3 Å². The van der Waals surface area contributed by atoms with Crippen LogP contribution in [0.3, 0.4) is 0 Å². The molecule has 186 valence electrons. The summed E-state index contributed by atoms with van der Waals surface area (Å²) in [6, 6.07) is 9.57. The molecule has 0 aliphatic carbocycles. The van der Waals surface area contributed by atoms with Crippen LogP contribution in [0.25, 0.3) is 0 Å². The number of anilines is 2. The van der Waals surface area contributed by atoms with Gasteiger partial charge in [-0.05, 0) is 23.8 Å². The van der Waals surface area contributed by atoms with E-state index in [0.717, 1.165) is 36.2 Å². The topological polar surface area (TPSA) is 78.5 Å². The molecule has 3 aromatic rings. The number of nitrogens with zero attached hydrogens (tertiary/aromatic N) is 2. The first kappa shape index (κ1) is 24.9. The molecule has 2 aromatic carbocycles. The third-order valence-corrected chi connectivity index (χ3v) is 6.95. The van der Waals surface area contributed by atoms with E-state index in [2.05, 4.69) is 34.8 Å². The Hall–Kier alpha value is -3.24. The number of hydrogen-bond donors (Lipinski definition) is 3. The van der Waals surface area contributed by atoms with Crippen LogP contribution in [0, 0.1) is 11.6 Å². The van der Waals surface area contributed by atoms with Gasteiger partial charge in [-0.3, -0.25) is 5.32 Å². The van der Waals surface area contributed by atoms with Gasteiger partial charge in [-0.25, -0.2) is 18.6 Å².